The highest BCUT2D eigenvalue weighted by atomic mass is 16.4. The van der Waals surface area contributed by atoms with Crippen LogP contribution in [-0.2, 0) is 6.54 Å². The molecule has 21 heavy (non-hydrogen) atoms. The molecule has 1 N–H and O–H groups in total. The number of aryl methyl sites for hydroxylation is 1. The van der Waals surface area contributed by atoms with Gasteiger partial charge < -0.3 is 5.21 Å². The van der Waals surface area contributed by atoms with Crippen molar-refractivity contribution in [1.29, 1.82) is 0 Å². The lowest BCUT2D eigenvalue weighted by Gasteiger charge is -2.01. The van der Waals surface area contributed by atoms with E-state index in [1.807, 2.05) is 18.3 Å². The lowest BCUT2D eigenvalue weighted by Crippen LogP contribution is -2.33. The molecule has 0 fully saturated rings. The van der Waals surface area contributed by atoms with E-state index in [1.54, 1.807) is 0 Å². The molecule has 0 radical (unpaired) electrons. The molecule has 0 bridgehead atoms. The van der Waals surface area contributed by atoms with Crippen LogP contribution in [0.5, 0.6) is 0 Å². The van der Waals surface area contributed by atoms with Gasteiger partial charge in [-0.15, -0.1) is 0 Å². The van der Waals surface area contributed by atoms with Crippen molar-refractivity contribution in [3.63, 3.8) is 0 Å². The molecule has 3 nitrogen and oxygen atoms in total. The van der Waals surface area contributed by atoms with E-state index in [9.17, 15) is 0 Å². The molecule has 0 saturated heterocycles. The summed E-state index contributed by atoms with van der Waals surface area (Å²) in [5.74, 6) is 0. The second-order valence-corrected chi connectivity index (χ2v) is 5.80. The van der Waals surface area contributed by atoms with Gasteiger partial charge in [0.25, 0.3) is 0 Å². The maximum atomic E-state index is 8.54. The van der Waals surface area contributed by atoms with E-state index in [-0.39, 0.29) is 0 Å². The quantitative estimate of drug-likeness (QED) is 0.196. The normalized spacial score (nSPS) is 11.3. The summed E-state index contributed by atoms with van der Waals surface area (Å²) in [5.41, 5.74) is 0.937. The standard InChI is InChI=1S/C18H30N2O/c1-2-3-4-5-6-7-8-9-10-11-14-20-15-12-13-18(17-20)16-19-21/h12-13,15-17H,2-11,14H2,1H3/p+1/b19-16-. The van der Waals surface area contributed by atoms with Crippen LogP contribution in [0.3, 0.4) is 0 Å². The van der Waals surface area contributed by atoms with Crippen LogP contribution >= 0.6 is 0 Å². The van der Waals surface area contributed by atoms with Crippen LogP contribution in [0, 0.1) is 0 Å². The molecule has 1 heterocycles. The van der Waals surface area contributed by atoms with Gasteiger partial charge in [0.1, 0.15) is 6.54 Å². The van der Waals surface area contributed by atoms with E-state index in [2.05, 4.69) is 22.8 Å². The summed E-state index contributed by atoms with van der Waals surface area (Å²) >= 11 is 0. The number of unbranched alkanes of at least 4 members (excludes halogenated alkanes) is 9. The number of rotatable bonds is 12. The van der Waals surface area contributed by atoms with Crippen LogP contribution < -0.4 is 4.57 Å². The molecule has 0 unspecified atom stereocenters. The first-order chi connectivity index (χ1) is 10.4. The SMILES string of the molecule is CCCCCCCCCCCC[n+]1cccc(/C=N\O)c1. The first-order valence-corrected chi connectivity index (χ1v) is 8.53. The summed E-state index contributed by atoms with van der Waals surface area (Å²) in [5, 5.41) is 11.6. The zero-order valence-electron chi connectivity index (χ0n) is 13.5. The van der Waals surface area contributed by atoms with Crippen molar-refractivity contribution in [3.05, 3.63) is 30.1 Å². The number of pyridine rings is 1. The molecule has 1 rings (SSSR count). The monoisotopic (exact) mass is 291 g/mol. The van der Waals surface area contributed by atoms with E-state index in [1.165, 1.54) is 70.4 Å². The molecular weight excluding hydrogens is 260 g/mol. The van der Waals surface area contributed by atoms with Gasteiger partial charge in [-0.1, -0.05) is 63.4 Å². The minimum absolute atomic E-state index is 0.937. The zero-order chi connectivity index (χ0) is 15.2. The van der Waals surface area contributed by atoms with Gasteiger partial charge >= 0.3 is 0 Å². The average Bonchev–Trinajstić information content (AvgIpc) is 2.50. The van der Waals surface area contributed by atoms with Crippen molar-refractivity contribution >= 4 is 6.21 Å². The molecule has 0 spiro atoms. The first-order valence-electron chi connectivity index (χ1n) is 8.53. The minimum Gasteiger partial charge on any atom is -0.411 e. The summed E-state index contributed by atoms with van der Waals surface area (Å²) in [4.78, 5) is 0. The van der Waals surface area contributed by atoms with E-state index in [0.717, 1.165) is 12.1 Å². The molecule has 0 aliphatic rings. The predicted octanol–water partition coefficient (Wildman–Crippen LogP) is 4.70. The van der Waals surface area contributed by atoms with Gasteiger partial charge in [0.15, 0.2) is 12.4 Å². The van der Waals surface area contributed by atoms with Crippen LogP contribution in [0.1, 0.15) is 76.7 Å². The largest absolute Gasteiger partial charge is 0.411 e. The maximum absolute atomic E-state index is 8.54. The first kappa shape index (κ1) is 17.7. The molecule has 118 valence electrons. The lowest BCUT2D eigenvalue weighted by molar-refractivity contribution is -0.697. The van der Waals surface area contributed by atoms with Crippen LogP contribution in [0.25, 0.3) is 0 Å². The Morgan fingerprint density at radius 1 is 1.00 bits per heavy atom. The second kappa shape index (κ2) is 12.4. The Hall–Kier alpha value is -1.38. The number of nitrogens with zero attached hydrogens (tertiary/aromatic N) is 2. The van der Waals surface area contributed by atoms with Crippen molar-refractivity contribution in [2.24, 2.45) is 5.16 Å². The molecule has 0 aromatic carbocycles. The van der Waals surface area contributed by atoms with E-state index in [0.29, 0.717) is 0 Å². The summed E-state index contributed by atoms with van der Waals surface area (Å²) in [6, 6.07) is 3.93. The Labute approximate surface area is 129 Å². The fraction of sp³-hybridized carbons (Fsp3) is 0.667. The van der Waals surface area contributed by atoms with Gasteiger partial charge in [-0.05, 0) is 12.5 Å². The van der Waals surface area contributed by atoms with Crippen LogP contribution in [0.15, 0.2) is 29.7 Å². The summed E-state index contributed by atoms with van der Waals surface area (Å²) in [6.07, 6.45) is 19.2. The summed E-state index contributed by atoms with van der Waals surface area (Å²) in [6.45, 7) is 3.31. The average molecular weight is 291 g/mol. The van der Waals surface area contributed by atoms with Gasteiger partial charge in [0.2, 0.25) is 0 Å². The van der Waals surface area contributed by atoms with Gasteiger partial charge in [-0.2, -0.15) is 0 Å². The molecule has 3 heteroatoms. The number of hydrogen-bond acceptors (Lipinski definition) is 2. The highest BCUT2D eigenvalue weighted by Gasteiger charge is 2.01. The minimum atomic E-state index is 0.937. The third-order valence-corrected chi connectivity index (χ3v) is 3.86. The number of aromatic nitrogens is 1. The molecule has 0 atom stereocenters. The molecule has 0 amide bonds. The Kier molecular flexibility index (Phi) is 10.4. The fourth-order valence-corrected chi connectivity index (χ4v) is 2.61. The van der Waals surface area contributed by atoms with E-state index < -0.39 is 0 Å². The van der Waals surface area contributed by atoms with Gasteiger partial charge in [-0.25, -0.2) is 4.57 Å². The predicted molar refractivity (Wildman–Crippen MR) is 87.9 cm³/mol. The van der Waals surface area contributed by atoms with Crippen molar-refractivity contribution in [2.45, 2.75) is 77.7 Å². The van der Waals surface area contributed by atoms with Crippen LogP contribution in [0.2, 0.25) is 0 Å². The number of oxime groups is 1. The Bertz CT molecular complexity index is 391. The van der Waals surface area contributed by atoms with Gasteiger partial charge in [0.05, 0.1) is 11.8 Å². The Balaban J connectivity index is 2.00. The molecular formula is C18H31N2O+. The van der Waals surface area contributed by atoms with Crippen molar-refractivity contribution in [1.82, 2.24) is 0 Å². The zero-order valence-corrected chi connectivity index (χ0v) is 13.5. The second-order valence-electron chi connectivity index (χ2n) is 5.80. The molecule has 1 aromatic heterocycles. The maximum Gasteiger partial charge on any atom is 0.177 e. The molecule has 0 saturated carbocycles. The molecule has 1 aromatic rings. The summed E-state index contributed by atoms with van der Waals surface area (Å²) < 4.78 is 2.17. The highest BCUT2D eigenvalue weighted by molar-refractivity contribution is 5.77. The third-order valence-electron chi connectivity index (χ3n) is 3.86. The van der Waals surface area contributed by atoms with E-state index in [4.69, 9.17) is 5.21 Å². The highest BCUT2D eigenvalue weighted by Crippen LogP contribution is 2.10. The molecule has 0 aliphatic heterocycles. The smallest absolute Gasteiger partial charge is 0.177 e. The van der Waals surface area contributed by atoms with Gasteiger partial charge in [0, 0.05) is 12.5 Å². The number of hydrogen-bond donors (Lipinski definition) is 1. The van der Waals surface area contributed by atoms with Crippen LogP contribution in [0.4, 0.5) is 0 Å². The van der Waals surface area contributed by atoms with Gasteiger partial charge in [-0.3, -0.25) is 0 Å². The lowest BCUT2D eigenvalue weighted by atomic mass is 10.1. The van der Waals surface area contributed by atoms with Crippen molar-refractivity contribution in [2.75, 3.05) is 0 Å². The topological polar surface area (TPSA) is 36.5 Å². The van der Waals surface area contributed by atoms with Crippen molar-refractivity contribution in [3.8, 4) is 0 Å². The third kappa shape index (κ3) is 9.22. The Morgan fingerprint density at radius 2 is 1.62 bits per heavy atom. The van der Waals surface area contributed by atoms with E-state index >= 15 is 0 Å². The van der Waals surface area contributed by atoms with Crippen molar-refractivity contribution < 1.29 is 9.77 Å². The Morgan fingerprint density at radius 3 is 2.24 bits per heavy atom. The van der Waals surface area contributed by atoms with Crippen LogP contribution in [-0.4, -0.2) is 11.4 Å². The summed E-state index contributed by atoms with van der Waals surface area (Å²) in [7, 11) is 0. The fourth-order valence-electron chi connectivity index (χ4n) is 2.61. The molecule has 0 aliphatic carbocycles.